The van der Waals surface area contributed by atoms with Crippen molar-refractivity contribution in [2.24, 2.45) is 0 Å². The number of unbranched alkanes of at least 4 members (excludes halogenated alkanes) is 25. The van der Waals surface area contributed by atoms with Crippen LogP contribution >= 0.6 is 0 Å². The molecule has 0 atom stereocenters. The molecule has 0 heterocycles. The van der Waals surface area contributed by atoms with E-state index in [9.17, 15) is 0 Å². The van der Waals surface area contributed by atoms with E-state index in [-0.39, 0.29) is 0 Å². The molecule has 0 unspecified atom stereocenters. The summed E-state index contributed by atoms with van der Waals surface area (Å²) in [5.41, 5.74) is 0. The van der Waals surface area contributed by atoms with E-state index in [2.05, 4.69) is 38.2 Å². The van der Waals surface area contributed by atoms with Gasteiger partial charge >= 0.3 is 0 Å². The van der Waals surface area contributed by atoms with Crippen LogP contribution in [0.25, 0.3) is 0 Å². The van der Waals surface area contributed by atoms with Crippen molar-refractivity contribution in [3.05, 3.63) is 24.3 Å². The lowest BCUT2D eigenvalue weighted by molar-refractivity contribution is 0.542. The third kappa shape index (κ3) is 31.5. The van der Waals surface area contributed by atoms with Crippen LogP contribution in [0.2, 0.25) is 0 Å². The van der Waals surface area contributed by atoms with Crippen molar-refractivity contribution in [1.29, 1.82) is 0 Å². The second kappa shape index (κ2) is 32.5. The lowest BCUT2D eigenvalue weighted by Gasteiger charge is -2.02. The van der Waals surface area contributed by atoms with Gasteiger partial charge in [0.25, 0.3) is 0 Å². The molecule has 0 fully saturated rings. The van der Waals surface area contributed by atoms with E-state index in [0.29, 0.717) is 0 Å². The van der Waals surface area contributed by atoms with Crippen molar-refractivity contribution in [3.63, 3.8) is 0 Å². The lowest BCUT2D eigenvalue weighted by atomic mass is 10.0. The number of hydrogen-bond acceptors (Lipinski definition) is 0. The molecule has 0 saturated carbocycles. The highest BCUT2D eigenvalue weighted by Gasteiger charge is 1.94. The second-order valence-electron chi connectivity index (χ2n) is 10.9. The van der Waals surface area contributed by atoms with Crippen LogP contribution in [0.3, 0.4) is 0 Å². The zero-order valence-corrected chi connectivity index (χ0v) is 24.1. The summed E-state index contributed by atoms with van der Waals surface area (Å²) in [6, 6.07) is 0. The van der Waals surface area contributed by atoms with E-state index in [4.69, 9.17) is 0 Å². The van der Waals surface area contributed by atoms with Crippen molar-refractivity contribution >= 4 is 0 Å². The second-order valence-corrected chi connectivity index (χ2v) is 10.9. The summed E-state index contributed by atoms with van der Waals surface area (Å²) in [6.45, 7) is 4.59. The van der Waals surface area contributed by atoms with Gasteiger partial charge in [0.1, 0.15) is 0 Å². The molecular weight excluding hydrogens is 408 g/mol. The summed E-state index contributed by atoms with van der Waals surface area (Å²) in [5, 5.41) is 0. The maximum Gasteiger partial charge on any atom is -0.0351 e. The van der Waals surface area contributed by atoms with Gasteiger partial charge in [0.2, 0.25) is 0 Å². The summed E-state index contributed by atoms with van der Waals surface area (Å²) < 4.78 is 0. The van der Waals surface area contributed by atoms with Crippen LogP contribution in [0.15, 0.2) is 24.3 Å². The van der Waals surface area contributed by atoms with E-state index < -0.39 is 0 Å². The van der Waals surface area contributed by atoms with Gasteiger partial charge in [-0.05, 0) is 51.4 Å². The smallest absolute Gasteiger partial charge is 0.0351 e. The van der Waals surface area contributed by atoms with E-state index in [1.807, 2.05) is 0 Å². The molecule has 0 rings (SSSR count). The first kappa shape index (κ1) is 33.5. The molecule has 0 nitrogen and oxygen atoms in total. The van der Waals surface area contributed by atoms with Gasteiger partial charge < -0.3 is 0 Å². The van der Waals surface area contributed by atoms with Crippen LogP contribution in [0, 0.1) is 0 Å². The van der Waals surface area contributed by atoms with Gasteiger partial charge in [0, 0.05) is 0 Å². The molecule has 0 aromatic carbocycles. The molecule has 0 amide bonds. The van der Waals surface area contributed by atoms with Crippen molar-refractivity contribution in [3.8, 4) is 0 Å². The quantitative estimate of drug-likeness (QED) is 0.0746. The van der Waals surface area contributed by atoms with Gasteiger partial charge in [-0.1, -0.05) is 167 Å². The van der Waals surface area contributed by atoms with Gasteiger partial charge in [-0.3, -0.25) is 0 Å². The Labute approximate surface area is 217 Å². The first-order chi connectivity index (χ1) is 16.9. The predicted octanol–water partition coefficient (Wildman–Crippen LogP) is 13.1. The molecular formula is C34H66. The Kier molecular flexibility index (Phi) is 32.0. The highest BCUT2D eigenvalue weighted by Crippen LogP contribution is 2.14. The van der Waals surface area contributed by atoms with Crippen LogP contribution < -0.4 is 0 Å². The Bertz CT molecular complexity index is 353. The molecule has 0 heteroatoms. The van der Waals surface area contributed by atoms with E-state index in [1.165, 1.54) is 180 Å². The number of allylic oxidation sites excluding steroid dienone is 4. The highest BCUT2D eigenvalue weighted by molar-refractivity contribution is 4.82. The molecule has 202 valence electrons. The topological polar surface area (TPSA) is 0 Å². The Morgan fingerprint density at radius 3 is 0.618 bits per heavy atom. The number of hydrogen-bond donors (Lipinski definition) is 0. The third-order valence-corrected chi connectivity index (χ3v) is 7.27. The van der Waals surface area contributed by atoms with Crippen LogP contribution in [0.1, 0.15) is 194 Å². The maximum atomic E-state index is 2.44. The lowest BCUT2D eigenvalue weighted by Crippen LogP contribution is -1.83. The minimum Gasteiger partial charge on any atom is -0.0885 e. The molecule has 0 bridgehead atoms. The molecule has 0 aliphatic heterocycles. The van der Waals surface area contributed by atoms with Crippen molar-refractivity contribution in [1.82, 2.24) is 0 Å². The fraction of sp³-hybridized carbons (Fsp3) is 0.882. The first-order valence-corrected chi connectivity index (χ1v) is 16.2. The largest absolute Gasteiger partial charge is 0.0885 e. The zero-order valence-electron chi connectivity index (χ0n) is 24.1. The number of rotatable bonds is 29. The average Bonchev–Trinajstić information content (AvgIpc) is 2.85. The summed E-state index contributed by atoms with van der Waals surface area (Å²) >= 11 is 0. The monoisotopic (exact) mass is 475 g/mol. The fourth-order valence-corrected chi connectivity index (χ4v) is 4.85. The average molecular weight is 475 g/mol. The van der Waals surface area contributed by atoms with Crippen molar-refractivity contribution < 1.29 is 0 Å². The maximum absolute atomic E-state index is 2.44. The van der Waals surface area contributed by atoms with Gasteiger partial charge in [0.15, 0.2) is 0 Å². The highest BCUT2D eigenvalue weighted by atomic mass is 14.0. The van der Waals surface area contributed by atoms with Gasteiger partial charge in [0.05, 0.1) is 0 Å². The molecule has 0 N–H and O–H groups in total. The Morgan fingerprint density at radius 1 is 0.235 bits per heavy atom. The van der Waals surface area contributed by atoms with Gasteiger partial charge in [-0.25, -0.2) is 0 Å². The Hall–Kier alpha value is -0.520. The van der Waals surface area contributed by atoms with E-state index >= 15 is 0 Å². The molecule has 0 aliphatic rings. The van der Waals surface area contributed by atoms with Crippen molar-refractivity contribution in [2.45, 2.75) is 194 Å². The van der Waals surface area contributed by atoms with Crippen LogP contribution in [0.5, 0.6) is 0 Å². The zero-order chi connectivity index (χ0) is 24.6. The standard InChI is InChI=1S/C34H66/c1-3-5-7-9-11-13-15-17-19-21-23-25-27-29-31-33-34-32-30-28-26-24-22-20-18-16-14-12-10-8-6-4-2/h17-20H,3-16,21-34H2,1-2H3. The summed E-state index contributed by atoms with van der Waals surface area (Å²) in [6.07, 6.45) is 49.4. The molecule has 0 aliphatic carbocycles. The molecule has 0 spiro atoms. The Balaban J connectivity index is 3.10. The van der Waals surface area contributed by atoms with Crippen LogP contribution in [-0.2, 0) is 0 Å². The first-order valence-electron chi connectivity index (χ1n) is 16.2. The third-order valence-electron chi connectivity index (χ3n) is 7.27. The molecule has 34 heavy (non-hydrogen) atoms. The van der Waals surface area contributed by atoms with Gasteiger partial charge in [-0.2, -0.15) is 0 Å². The minimum atomic E-state index is 1.31. The van der Waals surface area contributed by atoms with Crippen LogP contribution in [0.4, 0.5) is 0 Å². The van der Waals surface area contributed by atoms with E-state index in [1.54, 1.807) is 0 Å². The SMILES string of the molecule is CCCCCCCCC=CCCCCCCCCCCCCCCC=CCCCCCCCC. The van der Waals surface area contributed by atoms with Gasteiger partial charge in [-0.15, -0.1) is 0 Å². The predicted molar refractivity (Wildman–Crippen MR) is 159 cm³/mol. The molecule has 0 saturated heterocycles. The summed E-state index contributed by atoms with van der Waals surface area (Å²) in [7, 11) is 0. The fourth-order valence-electron chi connectivity index (χ4n) is 4.85. The molecule has 0 radical (unpaired) electrons. The summed E-state index contributed by atoms with van der Waals surface area (Å²) in [5.74, 6) is 0. The summed E-state index contributed by atoms with van der Waals surface area (Å²) in [4.78, 5) is 0. The normalized spacial score (nSPS) is 11.9. The molecule has 0 aromatic heterocycles. The molecule has 0 aromatic rings. The van der Waals surface area contributed by atoms with Crippen LogP contribution in [-0.4, -0.2) is 0 Å². The van der Waals surface area contributed by atoms with E-state index in [0.717, 1.165) is 0 Å². The van der Waals surface area contributed by atoms with Crippen molar-refractivity contribution in [2.75, 3.05) is 0 Å². The Morgan fingerprint density at radius 2 is 0.412 bits per heavy atom. The minimum absolute atomic E-state index is 1.31.